The summed E-state index contributed by atoms with van der Waals surface area (Å²) in [5.41, 5.74) is 0.218. The Bertz CT molecular complexity index is 1050. The Morgan fingerprint density at radius 1 is 1.24 bits per heavy atom. The standard InChI is InChI=1S/C15H8N6O4/c16-8-10(14-18-12-2-1-5-17-15(12)19-14)6-9-3-4-11(20(22)23)7-13(9)21(24)25/h1-7H,(H,17,18,19)/b10-6+. The van der Waals surface area contributed by atoms with Crippen LogP contribution in [0.4, 0.5) is 11.4 Å². The predicted molar refractivity (Wildman–Crippen MR) is 87.1 cm³/mol. The molecule has 0 unspecified atom stereocenters. The van der Waals surface area contributed by atoms with Crippen molar-refractivity contribution >= 4 is 34.2 Å². The van der Waals surface area contributed by atoms with E-state index in [2.05, 4.69) is 15.0 Å². The first-order valence-electron chi connectivity index (χ1n) is 6.85. The predicted octanol–water partition coefficient (Wildman–Crippen LogP) is 2.84. The van der Waals surface area contributed by atoms with Gasteiger partial charge in [-0.05, 0) is 24.3 Å². The van der Waals surface area contributed by atoms with Crippen LogP contribution in [-0.2, 0) is 0 Å². The molecule has 0 saturated heterocycles. The Kier molecular flexibility index (Phi) is 3.89. The van der Waals surface area contributed by atoms with Gasteiger partial charge in [-0.15, -0.1) is 0 Å². The minimum Gasteiger partial charge on any atom is -0.336 e. The van der Waals surface area contributed by atoms with E-state index in [9.17, 15) is 25.5 Å². The molecular weight excluding hydrogens is 328 g/mol. The Hall–Kier alpha value is -4.13. The van der Waals surface area contributed by atoms with Crippen LogP contribution in [-0.4, -0.2) is 24.8 Å². The number of aromatic amines is 1. The number of allylic oxidation sites excluding steroid dienone is 1. The van der Waals surface area contributed by atoms with E-state index in [4.69, 9.17) is 0 Å². The molecule has 0 atom stereocenters. The van der Waals surface area contributed by atoms with E-state index in [1.54, 1.807) is 18.3 Å². The fourth-order valence-electron chi connectivity index (χ4n) is 2.21. The Labute approximate surface area is 139 Å². The zero-order chi connectivity index (χ0) is 18.0. The molecule has 0 aliphatic heterocycles. The number of aromatic nitrogens is 3. The van der Waals surface area contributed by atoms with E-state index in [-0.39, 0.29) is 17.0 Å². The second-order valence-electron chi connectivity index (χ2n) is 4.89. The molecule has 0 bridgehead atoms. The van der Waals surface area contributed by atoms with Crippen molar-refractivity contribution in [1.82, 2.24) is 15.0 Å². The highest BCUT2D eigenvalue weighted by molar-refractivity contribution is 5.91. The van der Waals surface area contributed by atoms with Gasteiger partial charge in [-0.3, -0.25) is 20.2 Å². The molecule has 0 radical (unpaired) electrons. The number of pyridine rings is 1. The van der Waals surface area contributed by atoms with Crippen LogP contribution in [0, 0.1) is 31.6 Å². The van der Waals surface area contributed by atoms with Gasteiger partial charge in [0.15, 0.2) is 11.5 Å². The van der Waals surface area contributed by atoms with Crippen molar-refractivity contribution in [3.63, 3.8) is 0 Å². The molecule has 2 heterocycles. The van der Waals surface area contributed by atoms with Gasteiger partial charge < -0.3 is 4.98 Å². The summed E-state index contributed by atoms with van der Waals surface area (Å²) in [7, 11) is 0. The van der Waals surface area contributed by atoms with E-state index in [1.165, 1.54) is 12.1 Å². The Balaban J connectivity index is 2.12. The molecule has 1 N–H and O–H groups in total. The van der Waals surface area contributed by atoms with Gasteiger partial charge >= 0.3 is 0 Å². The first kappa shape index (κ1) is 15.8. The summed E-state index contributed by atoms with van der Waals surface area (Å²) in [4.78, 5) is 31.6. The van der Waals surface area contributed by atoms with Gasteiger partial charge in [0, 0.05) is 12.3 Å². The van der Waals surface area contributed by atoms with Gasteiger partial charge in [0.05, 0.1) is 32.6 Å². The molecule has 0 fully saturated rings. The van der Waals surface area contributed by atoms with Crippen LogP contribution in [0.5, 0.6) is 0 Å². The molecule has 3 aromatic rings. The monoisotopic (exact) mass is 336 g/mol. The summed E-state index contributed by atoms with van der Waals surface area (Å²) in [6, 6.07) is 8.53. The zero-order valence-electron chi connectivity index (χ0n) is 12.4. The summed E-state index contributed by atoms with van der Waals surface area (Å²) in [5.74, 6) is 0.198. The summed E-state index contributed by atoms with van der Waals surface area (Å²) in [6.07, 6.45) is 2.80. The lowest BCUT2D eigenvalue weighted by molar-refractivity contribution is -0.394. The number of nitrogens with one attached hydrogen (secondary N) is 1. The van der Waals surface area contributed by atoms with E-state index < -0.39 is 21.2 Å². The van der Waals surface area contributed by atoms with Gasteiger partial charge in [0.2, 0.25) is 0 Å². The van der Waals surface area contributed by atoms with Gasteiger partial charge in [0.25, 0.3) is 11.4 Å². The van der Waals surface area contributed by atoms with Gasteiger partial charge in [-0.1, -0.05) is 0 Å². The van der Waals surface area contributed by atoms with Crippen LogP contribution in [0.15, 0.2) is 36.5 Å². The third-order valence-electron chi connectivity index (χ3n) is 3.35. The topological polar surface area (TPSA) is 152 Å². The van der Waals surface area contributed by atoms with Gasteiger partial charge in [0.1, 0.15) is 6.07 Å². The lowest BCUT2D eigenvalue weighted by atomic mass is 10.1. The second-order valence-corrected chi connectivity index (χ2v) is 4.89. The average molecular weight is 336 g/mol. The molecule has 3 rings (SSSR count). The molecule has 122 valence electrons. The first-order valence-corrected chi connectivity index (χ1v) is 6.85. The summed E-state index contributed by atoms with van der Waals surface area (Å²) in [5, 5.41) is 31.3. The number of hydrogen-bond donors (Lipinski definition) is 1. The molecule has 0 aliphatic carbocycles. The quantitative estimate of drug-likeness (QED) is 0.436. The van der Waals surface area contributed by atoms with E-state index in [0.717, 1.165) is 12.1 Å². The number of nitrogens with zero attached hydrogens (tertiary/aromatic N) is 5. The van der Waals surface area contributed by atoms with Crippen molar-refractivity contribution in [2.24, 2.45) is 0 Å². The summed E-state index contributed by atoms with van der Waals surface area (Å²) >= 11 is 0. The van der Waals surface area contributed by atoms with Crippen molar-refractivity contribution in [2.45, 2.75) is 0 Å². The fraction of sp³-hybridized carbons (Fsp3) is 0. The lowest BCUT2D eigenvalue weighted by Gasteiger charge is -1.99. The van der Waals surface area contributed by atoms with Crippen LogP contribution in [0.3, 0.4) is 0 Å². The zero-order valence-corrected chi connectivity index (χ0v) is 12.4. The molecule has 0 aliphatic rings. The number of hydrogen-bond acceptors (Lipinski definition) is 7. The number of benzene rings is 1. The number of nitro groups is 2. The SMILES string of the molecule is N#C/C(=C\c1ccc([N+](=O)[O-])cc1[N+](=O)[O-])c1nc2ncccc2[nH]1. The lowest BCUT2D eigenvalue weighted by Crippen LogP contribution is -1.95. The molecule has 10 heteroatoms. The average Bonchev–Trinajstić information content (AvgIpc) is 3.03. The van der Waals surface area contributed by atoms with Crippen LogP contribution < -0.4 is 0 Å². The third kappa shape index (κ3) is 3.02. The Morgan fingerprint density at radius 3 is 2.68 bits per heavy atom. The second kappa shape index (κ2) is 6.17. The highest BCUT2D eigenvalue weighted by Crippen LogP contribution is 2.28. The molecule has 10 nitrogen and oxygen atoms in total. The number of non-ortho nitro benzene ring substituents is 1. The first-order chi connectivity index (χ1) is 12.0. The van der Waals surface area contributed by atoms with Gasteiger partial charge in [-0.2, -0.15) is 5.26 Å². The maximum absolute atomic E-state index is 11.2. The minimum absolute atomic E-state index is 0.0370. The van der Waals surface area contributed by atoms with Crippen LogP contribution in [0.2, 0.25) is 0 Å². The van der Waals surface area contributed by atoms with E-state index in [0.29, 0.717) is 11.2 Å². The van der Waals surface area contributed by atoms with Crippen LogP contribution >= 0.6 is 0 Å². The molecule has 0 amide bonds. The molecule has 1 aromatic carbocycles. The maximum atomic E-state index is 11.2. The number of H-pyrrole nitrogens is 1. The smallest absolute Gasteiger partial charge is 0.283 e. The number of rotatable bonds is 4. The normalized spacial score (nSPS) is 11.2. The van der Waals surface area contributed by atoms with Crippen molar-refractivity contribution in [3.05, 3.63) is 68.1 Å². The molecule has 25 heavy (non-hydrogen) atoms. The number of nitro benzene ring substituents is 2. The van der Waals surface area contributed by atoms with Crippen molar-refractivity contribution in [1.29, 1.82) is 5.26 Å². The Morgan fingerprint density at radius 2 is 2.04 bits per heavy atom. The fourth-order valence-corrected chi connectivity index (χ4v) is 2.21. The highest BCUT2D eigenvalue weighted by Gasteiger charge is 2.19. The maximum Gasteiger partial charge on any atom is 0.283 e. The van der Waals surface area contributed by atoms with E-state index >= 15 is 0 Å². The van der Waals surface area contributed by atoms with Gasteiger partial charge in [-0.25, -0.2) is 9.97 Å². The highest BCUT2D eigenvalue weighted by atomic mass is 16.6. The molecule has 2 aromatic heterocycles. The third-order valence-corrected chi connectivity index (χ3v) is 3.35. The van der Waals surface area contributed by atoms with Crippen molar-refractivity contribution in [2.75, 3.05) is 0 Å². The van der Waals surface area contributed by atoms with E-state index in [1.807, 2.05) is 6.07 Å². The summed E-state index contributed by atoms with van der Waals surface area (Å²) in [6.45, 7) is 0. The number of fused-ring (bicyclic) bond motifs is 1. The molecule has 0 spiro atoms. The largest absolute Gasteiger partial charge is 0.336 e. The van der Waals surface area contributed by atoms with Crippen molar-refractivity contribution in [3.8, 4) is 6.07 Å². The van der Waals surface area contributed by atoms with Crippen LogP contribution in [0.25, 0.3) is 22.8 Å². The minimum atomic E-state index is -0.742. The molecular formula is C15H8N6O4. The van der Waals surface area contributed by atoms with Crippen molar-refractivity contribution < 1.29 is 9.85 Å². The number of imidazole rings is 1. The number of nitriles is 1. The molecule has 0 saturated carbocycles. The van der Waals surface area contributed by atoms with Crippen LogP contribution in [0.1, 0.15) is 11.4 Å². The summed E-state index contributed by atoms with van der Waals surface area (Å²) < 4.78 is 0.